The predicted molar refractivity (Wildman–Crippen MR) is 151 cm³/mol. The molecule has 2 fully saturated rings. The molecule has 6 atom stereocenters. The first-order valence-electron chi connectivity index (χ1n) is 13.8. The average Bonchev–Trinajstić information content (AvgIpc) is 3.03. The first-order valence-corrected chi connectivity index (χ1v) is 13.8. The number of rotatable bonds is 12. The summed E-state index contributed by atoms with van der Waals surface area (Å²) in [7, 11) is 1.62. The molecule has 0 radical (unpaired) electrons. The number of esters is 1. The van der Waals surface area contributed by atoms with E-state index in [9.17, 15) is 4.79 Å². The first kappa shape index (κ1) is 29.0. The number of hydrogen-bond acceptors (Lipinski definition) is 8. The van der Waals surface area contributed by atoms with Gasteiger partial charge in [0.2, 0.25) is 6.29 Å². The van der Waals surface area contributed by atoms with Crippen molar-refractivity contribution in [2.24, 2.45) is 0 Å². The topological polar surface area (TPSA) is 81.7 Å². The fourth-order valence-corrected chi connectivity index (χ4v) is 4.88. The van der Waals surface area contributed by atoms with Crippen LogP contribution in [0.25, 0.3) is 0 Å². The van der Waals surface area contributed by atoms with E-state index in [4.69, 9.17) is 33.2 Å². The molecule has 2 aliphatic heterocycles. The van der Waals surface area contributed by atoms with Crippen molar-refractivity contribution in [3.8, 4) is 5.75 Å². The Morgan fingerprint density at radius 2 is 1.54 bits per heavy atom. The van der Waals surface area contributed by atoms with Crippen molar-refractivity contribution >= 4 is 5.97 Å². The zero-order valence-electron chi connectivity index (χ0n) is 23.1. The van der Waals surface area contributed by atoms with E-state index in [-0.39, 0.29) is 19.6 Å². The lowest BCUT2D eigenvalue weighted by molar-refractivity contribution is -0.367. The summed E-state index contributed by atoms with van der Waals surface area (Å²) in [5.74, 6) is 0.339. The van der Waals surface area contributed by atoms with Crippen molar-refractivity contribution in [3.63, 3.8) is 0 Å². The van der Waals surface area contributed by atoms with Crippen LogP contribution in [0.4, 0.5) is 0 Å². The van der Waals surface area contributed by atoms with Gasteiger partial charge in [-0.05, 0) is 29.7 Å². The van der Waals surface area contributed by atoms with Crippen molar-refractivity contribution in [1.82, 2.24) is 0 Å². The van der Waals surface area contributed by atoms with Crippen LogP contribution < -0.4 is 4.74 Å². The third-order valence-corrected chi connectivity index (χ3v) is 7.04. The van der Waals surface area contributed by atoms with Crippen LogP contribution in [0.5, 0.6) is 5.75 Å². The predicted octanol–water partition coefficient (Wildman–Crippen LogP) is 5.51. The van der Waals surface area contributed by atoms with E-state index in [0.717, 1.165) is 22.4 Å². The molecule has 0 spiro atoms. The van der Waals surface area contributed by atoms with Gasteiger partial charge >= 0.3 is 5.97 Å². The highest BCUT2D eigenvalue weighted by Gasteiger charge is 2.52. The second kappa shape index (κ2) is 14.4. The summed E-state index contributed by atoms with van der Waals surface area (Å²) in [6.07, 6.45) is -1.74. The van der Waals surface area contributed by atoms with Gasteiger partial charge in [0.05, 0.1) is 26.9 Å². The molecule has 3 aromatic rings. The van der Waals surface area contributed by atoms with Gasteiger partial charge in [0, 0.05) is 12.0 Å². The summed E-state index contributed by atoms with van der Waals surface area (Å²) in [6.45, 7) is 4.48. The van der Waals surface area contributed by atoms with Crippen molar-refractivity contribution in [2.75, 3.05) is 13.7 Å². The molecule has 0 amide bonds. The number of carbonyl (C=O) groups is 1. The highest BCUT2D eigenvalue weighted by atomic mass is 16.8. The fourth-order valence-electron chi connectivity index (χ4n) is 4.88. The number of hydrogen-bond donors (Lipinski definition) is 0. The molecule has 2 heterocycles. The van der Waals surface area contributed by atoms with Gasteiger partial charge in [-0.3, -0.25) is 4.79 Å². The van der Waals surface area contributed by atoms with Crippen LogP contribution in [-0.4, -0.2) is 50.4 Å². The molecule has 0 N–H and O–H groups in total. The van der Waals surface area contributed by atoms with Crippen molar-refractivity contribution in [2.45, 2.75) is 63.1 Å². The Hall–Kier alpha value is -3.53. The highest BCUT2D eigenvalue weighted by molar-refractivity contribution is 5.69. The largest absolute Gasteiger partial charge is 0.497 e. The van der Waals surface area contributed by atoms with Crippen molar-refractivity contribution < 1.29 is 38.0 Å². The van der Waals surface area contributed by atoms with E-state index >= 15 is 0 Å². The van der Waals surface area contributed by atoms with Crippen LogP contribution in [0.15, 0.2) is 97.6 Å². The molecule has 0 aliphatic carbocycles. The SMILES string of the molecule is C=CCCC(=O)O[C@H]1O[C@@H]2COC(c3ccccc3)O[C@H]2[C@H](OCc2ccccc2)[C@@H]1OCc1ccc(OC)cc1. The molecule has 0 aromatic heterocycles. The molecule has 8 nitrogen and oxygen atoms in total. The lowest BCUT2D eigenvalue weighted by Crippen LogP contribution is -2.63. The Kier molecular flexibility index (Phi) is 10.2. The summed E-state index contributed by atoms with van der Waals surface area (Å²) in [5, 5.41) is 0. The third kappa shape index (κ3) is 7.61. The Balaban J connectivity index is 1.41. The zero-order chi connectivity index (χ0) is 28.4. The molecular formula is C33H36O8. The first-order chi connectivity index (χ1) is 20.1. The van der Waals surface area contributed by atoms with Gasteiger partial charge in [0.1, 0.15) is 30.2 Å². The van der Waals surface area contributed by atoms with Gasteiger partial charge in [-0.1, -0.05) is 78.9 Å². The summed E-state index contributed by atoms with van der Waals surface area (Å²) >= 11 is 0. The van der Waals surface area contributed by atoms with Crippen LogP contribution in [-0.2, 0) is 46.4 Å². The monoisotopic (exact) mass is 560 g/mol. The lowest BCUT2D eigenvalue weighted by Gasteiger charge is -2.48. The van der Waals surface area contributed by atoms with Gasteiger partial charge in [0.25, 0.3) is 0 Å². The molecular weight excluding hydrogens is 524 g/mol. The molecule has 0 saturated carbocycles. The summed E-state index contributed by atoms with van der Waals surface area (Å²) in [5.41, 5.74) is 2.80. The van der Waals surface area contributed by atoms with E-state index < -0.39 is 43.0 Å². The van der Waals surface area contributed by atoms with Crippen molar-refractivity contribution in [3.05, 3.63) is 114 Å². The maximum Gasteiger partial charge on any atom is 0.308 e. The third-order valence-electron chi connectivity index (χ3n) is 7.04. The van der Waals surface area contributed by atoms with Gasteiger partial charge in [0.15, 0.2) is 6.29 Å². The smallest absolute Gasteiger partial charge is 0.308 e. The zero-order valence-corrected chi connectivity index (χ0v) is 23.1. The molecule has 5 rings (SSSR count). The highest BCUT2D eigenvalue weighted by Crippen LogP contribution is 2.37. The fraction of sp³-hybridized carbons (Fsp3) is 0.364. The quantitative estimate of drug-likeness (QED) is 0.212. The summed E-state index contributed by atoms with van der Waals surface area (Å²) in [6, 6.07) is 27.2. The second-order valence-corrected chi connectivity index (χ2v) is 9.92. The molecule has 8 heteroatoms. The van der Waals surface area contributed by atoms with Gasteiger partial charge in [-0.25, -0.2) is 0 Å². The van der Waals surface area contributed by atoms with Gasteiger partial charge in [-0.2, -0.15) is 0 Å². The molecule has 41 heavy (non-hydrogen) atoms. The van der Waals surface area contributed by atoms with Crippen LogP contribution in [0, 0.1) is 0 Å². The number of methoxy groups -OCH3 is 1. The molecule has 2 aliphatic rings. The Bertz CT molecular complexity index is 1230. The summed E-state index contributed by atoms with van der Waals surface area (Å²) < 4.78 is 42.9. The lowest BCUT2D eigenvalue weighted by atomic mass is 9.97. The normalized spacial score (nSPS) is 25.6. The molecule has 3 aromatic carbocycles. The molecule has 216 valence electrons. The number of benzene rings is 3. The number of fused-ring (bicyclic) bond motifs is 1. The Morgan fingerprint density at radius 3 is 2.22 bits per heavy atom. The van der Waals surface area contributed by atoms with E-state index in [1.165, 1.54) is 0 Å². The molecule has 2 saturated heterocycles. The van der Waals surface area contributed by atoms with E-state index in [1.807, 2.05) is 84.9 Å². The van der Waals surface area contributed by atoms with Crippen molar-refractivity contribution in [1.29, 1.82) is 0 Å². The standard InChI is InChI=1S/C33H36O8/c1-3-4-15-28(34)40-33-31(37-21-24-16-18-26(35-2)19-17-24)30(36-20-23-11-7-5-8-12-23)29-27(39-33)22-38-32(41-29)25-13-9-6-10-14-25/h3,5-14,16-19,27,29-33H,1,4,15,20-22H2,2H3/t27-,29-,30+,31+,32?,33-/m1/s1. The van der Waals surface area contributed by atoms with Gasteiger partial charge < -0.3 is 33.2 Å². The second-order valence-electron chi connectivity index (χ2n) is 9.92. The van der Waals surface area contributed by atoms with Crippen LogP contribution in [0.3, 0.4) is 0 Å². The molecule has 1 unspecified atom stereocenters. The number of carbonyl (C=O) groups excluding carboxylic acids is 1. The van der Waals surface area contributed by atoms with E-state index in [1.54, 1.807) is 13.2 Å². The van der Waals surface area contributed by atoms with E-state index in [0.29, 0.717) is 13.0 Å². The van der Waals surface area contributed by atoms with Gasteiger partial charge in [-0.15, -0.1) is 6.58 Å². The van der Waals surface area contributed by atoms with Crippen LogP contribution >= 0.6 is 0 Å². The minimum absolute atomic E-state index is 0.182. The van der Waals surface area contributed by atoms with E-state index in [2.05, 4.69) is 6.58 Å². The summed E-state index contributed by atoms with van der Waals surface area (Å²) in [4.78, 5) is 12.7. The van der Waals surface area contributed by atoms with Crippen LogP contribution in [0.2, 0.25) is 0 Å². The molecule has 0 bridgehead atoms. The maximum absolute atomic E-state index is 12.7. The minimum Gasteiger partial charge on any atom is -0.497 e. The van der Waals surface area contributed by atoms with Crippen LogP contribution in [0.1, 0.15) is 35.8 Å². The Morgan fingerprint density at radius 1 is 0.878 bits per heavy atom. The number of ether oxygens (including phenoxy) is 7. The minimum atomic E-state index is -1.02. The maximum atomic E-state index is 12.7. The Labute approximate surface area is 240 Å². The average molecular weight is 561 g/mol. The number of allylic oxidation sites excluding steroid dienone is 1.